The van der Waals surface area contributed by atoms with Gasteiger partial charge in [-0.05, 0) is 18.9 Å². The number of aromatic nitrogens is 1. The third kappa shape index (κ3) is 4.09. The van der Waals surface area contributed by atoms with Gasteiger partial charge in [-0.25, -0.2) is 4.79 Å². The Balaban J connectivity index is 1.84. The van der Waals surface area contributed by atoms with Gasteiger partial charge in [0.15, 0.2) is 0 Å². The van der Waals surface area contributed by atoms with Gasteiger partial charge in [-0.3, -0.25) is 0 Å². The van der Waals surface area contributed by atoms with E-state index in [1.807, 2.05) is 0 Å². The van der Waals surface area contributed by atoms with Gasteiger partial charge in [0.25, 0.3) is 0 Å². The summed E-state index contributed by atoms with van der Waals surface area (Å²) in [4.78, 5) is 13.8. The fraction of sp³-hybridized carbons (Fsp3) is 0.667. The third-order valence-corrected chi connectivity index (χ3v) is 5.20. The average Bonchev–Trinajstić information content (AvgIpc) is 2.74. The highest BCUT2D eigenvalue weighted by Gasteiger charge is 2.25. The lowest BCUT2D eigenvalue weighted by Gasteiger charge is -2.31. The molecule has 1 aliphatic rings. The van der Waals surface area contributed by atoms with Gasteiger partial charge in [0, 0.05) is 32.3 Å². The molecule has 0 saturated heterocycles. The molecule has 22 heavy (non-hydrogen) atoms. The molecular weight excluding hydrogens is 325 g/mol. The Morgan fingerprint density at radius 1 is 1.45 bits per heavy atom. The first-order valence-corrected chi connectivity index (χ1v) is 8.32. The number of aliphatic hydroxyl groups is 1. The molecule has 0 aromatic carbocycles. The van der Waals surface area contributed by atoms with Crippen molar-refractivity contribution in [1.29, 1.82) is 0 Å². The van der Waals surface area contributed by atoms with E-state index in [1.54, 1.807) is 29.6 Å². The van der Waals surface area contributed by atoms with Crippen LogP contribution in [-0.4, -0.2) is 40.3 Å². The maximum atomic E-state index is 12.2. The second kappa shape index (κ2) is 7.57. The van der Waals surface area contributed by atoms with Crippen LogP contribution >= 0.6 is 23.2 Å². The predicted octanol–water partition coefficient (Wildman–Crippen LogP) is 3.02. The first-order chi connectivity index (χ1) is 10.4. The van der Waals surface area contributed by atoms with Gasteiger partial charge in [-0.2, -0.15) is 0 Å². The minimum atomic E-state index is -0.297. The van der Waals surface area contributed by atoms with E-state index >= 15 is 0 Å². The minimum absolute atomic E-state index is 0.161. The van der Waals surface area contributed by atoms with Crippen molar-refractivity contribution in [3.05, 3.63) is 21.9 Å². The third-order valence-electron chi connectivity index (χ3n) is 4.36. The van der Waals surface area contributed by atoms with Gasteiger partial charge in [-0.15, -0.1) is 0 Å². The van der Waals surface area contributed by atoms with E-state index in [0.29, 0.717) is 23.3 Å². The van der Waals surface area contributed by atoms with Crippen LogP contribution in [0.5, 0.6) is 0 Å². The van der Waals surface area contributed by atoms with Crippen molar-refractivity contribution < 1.29 is 9.90 Å². The molecule has 1 aromatic heterocycles. The summed E-state index contributed by atoms with van der Waals surface area (Å²) in [6.45, 7) is 0.932. The lowest BCUT2D eigenvalue weighted by Crippen LogP contribution is -2.42. The monoisotopic (exact) mass is 347 g/mol. The van der Waals surface area contributed by atoms with Crippen LogP contribution in [0, 0.1) is 5.92 Å². The van der Waals surface area contributed by atoms with Crippen LogP contribution < -0.4 is 5.32 Å². The van der Waals surface area contributed by atoms with E-state index in [0.717, 1.165) is 31.4 Å². The van der Waals surface area contributed by atoms with Crippen molar-refractivity contribution in [1.82, 2.24) is 14.8 Å². The summed E-state index contributed by atoms with van der Waals surface area (Å²) in [7, 11) is 3.55. The molecule has 1 saturated carbocycles. The van der Waals surface area contributed by atoms with Crippen LogP contribution in [-0.2, 0) is 13.6 Å². The zero-order valence-corrected chi connectivity index (χ0v) is 14.5. The van der Waals surface area contributed by atoms with Crippen molar-refractivity contribution in [3.63, 3.8) is 0 Å². The van der Waals surface area contributed by atoms with E-state index < -0.39 is 0 Å². The van der Waals surface area contributed by atoms with Crippen molar-refractivity contribution in [2.45, 2.75) is 38.3 Å². The number of urea groups is 1. The van der Waals surface area contributed by atoms with Crippen molar-refractivity contribution in [2.75, 3.05) is 13.6 Å². The van der Waals surface area contributed by atoms with Gasteiger partial charge in [0.1, 0.15) is 5.15 Å². The molecule has 124 valence electrons. The number of aliphatic hydroxyl groups excluding tert-OH is 1. The smallest absolute Gasteiger partial charge is 0.317 e. The van der Waals surface area contributed by atoms with Gasteiger partial charge in [0.2, 0.25) is 0 Å². The predicted molar refractivity (Wildman–Crippen MR) is 88.3 cm³/mol. The highest BCUT2D eigenvalue weighted by molar-refractivity contribution is 6.41. The second-order valence-corrected chi connectivity index (χ2v) is 6.75. The molecule has 1 fully saturated rings. The number of hydrogen-bond acceptors (Lipinski definition) is 2. The van der Waals surface area contributed by atoms with Crippen molar-refractivity contribution in [3.8, 4) is 0 Å². The number of nitrogens with one attached hydrogen (secondary N) is 1. The molecule has 2 N–H and O–H groups in total. The number of nitrogens with zero attached hydrogens (tertiary/aromatic N) is 2. The van der Waals surface area contributed by atoms with Gasteiger partial charge < -0.3 is 19.9 Å². The van der Waals surface area contributed by atoms with Crippen molar-refractivity contribution in [2.24, 2.45) is 13.0 Å². The Labute approximate surface area is 141 Å². The molecule has 5 nitrogen and oxygen atoms in total. The average molecular weight is 348 g/mol. The zero-order chi connectivity index (χ0) is 16.3. The molecule has 0 aliphatic heterocycles. The molecule has 1 aromatic rings. The first kappa shape index (κ1) is 17.4. The maximum absolute atomic E-state index is 12.2. The highest BCUT2D eigenvalue weighted by Crippen LogP contribution is 2.26. The summed E-state index contributed by atoms with van der Waals surface area (Å²) < 4.78 is 1.75. The highest BCUT2D eigenvalue weighted by atomic mass is 35.5. The summed E-state index contributed by atoms with van der Waals surface area (Å²) in [5.41, 5.74) is 0.842. The summed E-state index contributed by atoms with van der Waals surface area (Å²) in [5.74, 6) is 0.170. The summed E-state index contributed by atoms with van der Waals surface area (Å²) in [6, 6.07) is 1.58. The topological polar surface area (TPSA) is 57.5 Å². The molecule has 2 amide bonds. The van der Waals surface area contributed by atoms with E-state index in [-0.39, 0.29) is 18.1 Å². The molecule has 7 heteroatoms. The lowest BCUT2D eigenvalue weighted by molar-refractivity contribution is 0.0564. The summed E-state index contributed by atoms with van der Waals surface area (Å²) in [6.07, 6.45) is 3.71. The normalized spacial score (nSPS) is 21.7. The lowest BCUT2D eigenvalue weighted by atomic mass is 9.86. The number of halogens is 2. The second-order valence-electron chi connectivity index (χ2n) is 5.98. The van der Waals surface area contributed by atoms with E-state index in [1.165, 1.54) is 0 Å². The zero-order valence-electron chi connectivity index (χ0n) is 13.0. The Morgan fingerprint density at radius 2 is 2.14 bits per heavy atom. The molecule has 2 atom stereocenters. The molecule has 1 heterocycles. The molecule has 2 rings (SSSR count). The Hall–Kier alpha value is -0.910. The van der Waals surface area contributed by atoms with Gasteiger partial charge in [-0.1, -0.05) is 36.0 Å². The standard InChI is InChI=1S/C15H23Cl2N3O2/c1-19(9-10-5-3-4-6-13(10)21)15(22)18-8-11-7-12(16)14(17)20(11)2/h7,10,13,21H,3-6,8-9H2,1-2H3,(H,18,22). The van der Waals surface area contributed by atoms with Crippen LogP contribution in [0.3, 0.4) is 0 Å². The number of hydrogen-bond donors (Lipinski definition) is 2. The number of rotatable bonds is 4. The molecule has 0 radical (unpaired) electrons. The van der Waals surface area contributed by atoms with Crippen LogP contribution in [0.4, 0.5) is 4.79 Å². The molecule has 2 unspecified atom stereocenters. The molecule has 1 aliphatic carbocycles. The molecule has 0 bridgehead atoms. The minimum Gasteiger partial charge on any atom is -0.393 e. The van der Waals surface area contributed by atoms with E-state index in [2.05, 4.69) is 5.32 Å². The van der Waals surface area contributed by atoms with Crippen LogP contribution in [0.15, 0.2) is 6.07 Å². The SMILES string of the molecule is CN(CC1CCCCC1O)C(=O)NCc1cc(Cl)c(Cl)n1C. The number of carbonyl (C=O) groups excluding carboxylic acids is 1. The maximum Gasteiger partial charge on any atom is 0.317 e. The Morgan fingerprint density at radius 3 is 2.73 bits per heavy atom. The quantitative estimate of drug-likeness (QED) is 0.879. The largest absolute Gasteiger partial charge is 0.393 e. The fourth-order valence-electron chi connectivity index (χ4n) is 2.90. The number of amides is 2. The Kier molecular flexibility index (Phi) is 6.01. The first-order valence-electron chi connectivity index (χ1n) is 7.56. The molecule has 0 spiro atoms. The van der Waals surface area contributed by atoms with E-state index in [9.17, 15) is 9.90 Å². The van der Waals surface area contributed by atoms with E-state index in [4.69, 9.17) is 23.2 Å². The van der Waals surface area contributed by atoms with Crippen LogP contribution in [0.1, 0.15) is 31.4 Å². The van der Waals surface area contributed by atoms with Gasteiger partial charge >= 0.3 is 6.03 Å². The number of carbonyl (C=O) groups is 1. The van der Waals surface area contributed by atoms with Crippen LogP contribution in [0.2, 0.25) is 10.2 Å². The molecular formula is C15H23Cl2N3O2. The van der Waals surface area contributed by atoms with Gasteiger partial charge in [0.05, 0.1) is 17.7 Å². The fourth-order valence-corrected chi connectivity index (χ4v) is 3.31. The summed E-state index contributed by atoms with van der Waals surface area (Å²) >= 11 is 12.0. The summed E-state index contributed by atoms with van der Waals surface area (Å²) in [5, 5.41) is 13.8. The van der Waals surface area contributed by atoms with Crippen molar-refractivity contribution >= 4 is 29.2 Å². The Bertz CT molecular complexity index is 533. The van der Waals surface area contributed by atoms with Crippen LogP contribution in [0.25, 0.3) is 0 Å².